The molecule has 0 fully saturated rings. The summed E-state index contributed by atoms with van der Waals surface area (Å²) in [6.07, 6.45) is 0. The molecule has 17 heavy (non-hydrogen) atoms. The zero-order valence-electron chi connectivity index (χ0n) is 9.79. The molecule has 1 aromatic heterocycles. The summed E-state index contributed by atoms with van der Waals surface area (Å²) in [7, 11) is 0. The summed E-state index contributed by atoms with van der Waals surface area (Å²) in [6, 6.07) is 12.3. The van der Waals surface area contributed by atoms with E-state index in [4.69, 9.17) is 16.6 Å². The number of para-hydroxylation sites is 1. The highest BCUT2D eigenvalue weighted by molar-refractivity contribution is 6.40. The Morgan fingerprint density at radius 2 is 1.82 bits per heavy atom. The molecule has 0 saturated heterocycles. The highest BCUT2D eigenvalue weighted by Crippen LogP contribution is 2.31. The molecule has 2 heteroatoms. The lowest BCUT2D eigenvalue weighted by Crippen LogP contribution is -1.88. The van der Waals surface area contributed by atoms with Crippen molar-refractivity contribution >= 4 is 33.4 Å². The first-order chi connectivity index (χ1) is 8.16. The topological polar surface area (TPSA) is 12.9 Å². The Balaban J connectivity index is 2.57. The van der Waals surface area contributed by atoms with Gasteiger partial charge in [-0.05, 0) is 31.0 Å². The lowest BCUT2D eigenvalue weighted by atomic mass is 10.1. The number of pyridine rings is 1. The third-order valence-electron chi connectivity index (χ3n) is 3.10. The van der Waals surface area contributed by atoms with Gasteiger partial charge in [-0.2, -0.15) is 0 Å². The average Bonchev–Trinajstić information content (AvgIpc) is 2.30. The van der Waals surface area contributed by atoms with Crippen molar-refractivity contribution in [1.82, 2.24) is 4.98 Å². The van der Waals surface area contributed by atoms with Crippen molar-refractivity contribution in [2.24, 2.45) is 0 Å². The van der Waals surface area contributed by atoms with E-state index in [1.54, 1.807) is 0 Å². The van der Waals surface area contributed by atoms with Crippen LogP contribution in [0.1, 0.15) is 11.1 Å². The van der Waals surface area contributed by atoms with Crippen LogP contribution in [0.25, 0.3) is 21.8 Å². The number of rotatable bonds is 0. The van der Waals surface area contributed by atoms with Gasteiger partial charge in [0.2, 0.25) is 0 Å². The number of hydrogen-bond donors (Lipinski definition) is 0. The lowest BCUT2D eigenvalue weighted by molar-refractivity contribution is 1.40. The van der Waals surface area contributed by atoms with Gasteiger partial charge in [-0.3, -0.25) is 0 Å². The molecule has 0 N–H and O–H groups in total. The van der Waals surface area contributed by atoms with E-state index in [1.165, 1.54) is 5.56 Å². The van der Waals surface area contributed by atoms with Crippen molar-refractivity contribution in [2.75, 3.05) is 0 Å². The Labute approximate surface area is 105 Å². The van der Waals surface area contributed by atoms with Crippen molar-refractivity contribution in [3.05, 3.63) is 52.5 Å². The third kappa shape index (κ3) is 1.58. The molecule has 84 valence electrons. The minimum Gasteiger partial charge on any atom is -0.247 e. The van der Waals surface area contributed by atoms with E-state index in [0.29, 0.717) is 0 Å². The Hall–Kier alpha value is -1.60. The fourth-order valence-corrected chi connectivity index (χ4v) is 2.48. The van der Waals surface area contributed by atoms with Crippen molar-refractivity contribution < 1.29 is 0 Å². The van der Waals surface area contributed by atoms with Gasteiger partial charge in [0.15, 0.2) is 0 Å². The minimum absolute atomic E-state index is 0.800. The smallest absolute Gasteiger partial charge is 0.0753 e. The lowest BCUT2D eigenvalue weighted by Gasteiger charge is -2.07. The van der Waals surface area contributed by atoms with Crippen LogP contribution < -0.4 is 0 Å². The Kier molecular flexibility index (Phi) is 2.30. The van der Waals surface area contributed by atoms with Crippen LogP contribution in [0.5, 0.6) is 0 Å². The van der Waals surface area contributed by atoms with Gasteiger partial charge in [-0.15, -0.1) is 0 Å². The summed E-state index contributed by atoms with van der Waals surface area (Å²) < 4.78 is 0. The SMILES string of the molecule is Cc1ccc2c(Cl)c3cccc(C)c3nc2c1. The first kappa shape index (κ1) is 10.5. The van der Waals surface area contributed by atoms with E-state index < -0.39 is 0 Å². The van der Waals surface area contributed by atoms with Crippen molar-refractivity contribution in [3.63, 3.8) is 0 Å². The van der Waals surface area contributed by atoms with Crippen molar-refractivity contribution in [3.8, 4) is 0 Å². The molecule has 3 aromatic rings. The fraction of sp³-hybridized carbons (Fsp3) is 0.133. The van der Waals surface area contributed by atoms with Crippen molar-refractivity contribution in [2.45, 2.75) is 13.8 Å². The van der Waals surface area contributed by atoms with Crippen LogP contribution in [0.4, 0.5) is 0 Å². The zero-order chi connectivity index (χ0) is 12.0. The fourth-order valence-electron chi connectivity index (χ4n) is 2.17. The Bertz CT molecular complexity index is 732. The molecule has 1 nitrogen and oxygen atoms in total. The van der Waals surface area contributed by atoms with Crippen LogP contribution >= 0.6 is 11.6 Å². The van der Waals surface area contributed by atoms with Crippen LogP contribution in [0.2, 0.25) is 5.02 Å². The van der Waals surface area contributed by atoms with Crippen LogP contribution in [0.15, 0.2) is 36.4 Å². The number of hydrogen-bond acceptors (Lipinski definition) is 1. The molecular weight excluding hydrogens is 230 g/mol. The summed E-state index contributed by atoms with van der Waals surface area (Å²) >= 11 is 6.46. The predicted molar refractivity (Wildman–Crippen MR) is 73.7 cm³/mol. The third-order valence-corrected chi connectivity index (χ3v) is 3.50. The van der Waals surface area contributed by atoms with Gasteiger partial charge in [0.25, 0.3) is 0 Å². The average molecular weight is 242 g/mol. The van der Waals surface area contributed by atoms with Gasteiger partial charge in [0.1, 0.15) is 0 Å². The molecule has 0 aliphatic heterocycles. The van der Waals surface area contributed by atoms with Crippen LogP contribution in [-0.2, 0) is 0 Å². The molecular formula is C15H12ClN. The Morgan fingerprint density at radius 1 is 1.00 bits per heavy atom. The number of benzene rings is 2. The standard InChI is InChI=1S/C15H12ClN/c1-9-6-7-11-13(8-9)17-15-10(2)4-3-5-12(15)14(11)16/h3-8H,1-2H3. The largest absolute Gasteiger partial charge is 0.247 e. The molecule has 0 amide bonds. The molecule has 0 aliphatic rings. The van der Waals surface area contributed by atoms with Crippen LogP contribution in [0.3, 0.4) is 0 Å². The molecule has 0 spiro atoms. The van der Waals surface area contributed by atoms with Gasteiger partial charge in [-0.25, -0.2) is 4.98 Å². The summed E-state index contributed by atoms with van der Waals surface area (Å²) in [6.45, 7) is 4.13. The molecule has 1 heterocycles. The maximum atomic E-state index is 6.46. The monoisotopic (exact) mass is 241 g/mol. The number of nitrogens with zero attached hydrogens (tertiary/aromatic N) is 1. The van der Waals surface area contributed by atoms with E-state index in [2.05, 4.69) is 32.0 Å². The van der Waals surface area contributed by atoms with Crippen LogP contribution in [0, 0.1) is 13.8 Å². The first-order valence-electron chi connectivity index (χ1n) is 5.62. The second-order valence-electron chi connectivity index (χ2n) is 4.42. The zero-order valence-corrected chi connectivity index (χ0v) is 10.5. The minimum atomic E-state index is 0.800. The number of fused-ring (bicyclic) bond motifs is 2. The van der Waals surface area contributed by atoms with Crippen LogP contribution in [-0.4, -0.2) is 4.98 Å². The predicted octanol–water partition coefficient (Wildman–Crippen LogP) is 4.66. The van der Waals surface area contributed by atoms with Gasteiger partial charge < -0.3 is 0 Å². The normalized spacial score (nSPS) is 11.2. The molecule has 2 aromatic carbocycles. The highest BCUT2D eigenvalue weighted by Gasteiger charge is 2.08. The number of aromatic nitrogens is 1. The maximum Gasteiger partial charge on any atom is 0.0753 e. The van der Waals surface area contributed by atoms with E-state index in [1.807, 2.05) is 18.2 Å². The second kappa shape index (κ2) is 3.71. The molecule has 0 saturated carbocycles. The quantitative estimate of drug-likeness (QED) is 0.522. The maximum absolute atomic E-state index is 6.46. The molecule has 0 unspecified atom stereocenters. The van der Waals surface area contributed by atoms with E-state index in [0.717, 1.165) is 32.4 Å². The van der Waals surface area contributed by atoms with E-state index in [-0.39, 0.29) is 0 Å². The van der Waals surface area contributed by atoms with Crippen molar-refractivity contribution in [1.29, 1.82) is 0 Å². The summed E-state index contributed by atoms with van der Waals surface area (Å²) in [5.41, 5.74) is 4.33. The summed E-state index contributed by atoms with van der Waals surface area (Å²) in [5.74, 6) is 0. The van der Waals surface area contributed by atoms with E-state index in [9.17, 15) is 0 Å². The highest BCUT2D eigenvalue weighted by atomic mass is 35.5. The summed E-state index contributed by atoms with van der Waals surface area (Å²) in [5, 5.41) is 2.85. The van der Waals surface area contributed by atoms with Gasteiger partial charge in [0, 0.05) is 10.8 Å². The molecule has 0 aliphatic carbocycles. The molecule has 0 radical (unpaired) electrons. The second-order valence-corrected chi connectivity index (χ2v) is 4.80. The Morgan fingerprint density at radius 3 is 2.65 bits per heavy atom. The summed E-state index contributed by atoms with van der Waals surface area (Å²) in [4.78, 5) is 4.71. The molecule has 3 rings (SSSR count). The van der Waals surface area contributed by atoms with Gasteiger partial charge in [0.05, 0.1) is 16.1 Å². The van der Waals surface area contributed by atoms with E-state index >= 15 is 0 Å². The van der Waals surface area contributed by atoms with Gasteiger partial charge >= 0.3 is 0 Å². The first-order valence-corrected chi connectivity index (χ1v) is 6.00. The van der Waals surface area contributed by atoms with Gasteiger partial charge in [-0.1, -0.05) is 41.9 Å². The molecule has 0 bridgehead atoms. The molecule has 0 atom stereocenters. The number of halogens is 1. The number of aryl methyl sites for hydroxylation is 2.